The number of rotatable bonds is 2. The summed E-state index contributed by atoms with van der Waals surface area (Å²) in [6.45, 7) is 0. The smallest absolute Gasteiger partial charge is 0.141 e. The lowest BCUT2D eigenvalue weighted by molar-refractivity contribution is -0.163. The molecule has 2 unspecified atom stereocenters. The molecule has 0 amide bonds. The Kier molecular flexibility index (Phi) is 4.04. The zero-order chi connectivity index (χ0) is 14.2. The van der Waals surface area contributed by atoms with Gasteiger partial charge in [-0.25, -0.2) is 4.39 Å². The summed E-state index contributed by atoms with van der Waals surface area (Å²) in [6, 6.07) is 4.86. The SMILES string of the molecule is OC1CC(Oc2ccc(Br)c(F)c2)C12CCCCCC2. The number of hydrogen-bond donors (Lipinski definition) is 1. The van der Waals surface area contributed by atoms with Gasteiger partial charge in [-0.15, -0.1) is 0 Å². The highest BCUT2D eigenvalue weighted by molar-refractivity contribution is 9.10. The van der Waals surface area contributed by atoms with E-state index in [4.69, 9.17) is 4.74 Å². The summed E-state index contributed by atoms with van der Waals surface area (Å²) in [5, 5.41) is 10.2. The lowest BCUT2D eigenvalue weighted by Crippen LogP contribution is -2.59. The summed E-state index contributed by atoms with van der Waals surface area (Å²) in [5.41, 5.74) is -0.0972. The fourth-order valence-electron chi connectivity index (χ4n) is 3.65. The largest absolute Gasteiger partial charge is 0.490 e. The number of hydrogen-bond acceptors (Lipinski definition) is 2. The van der Waals surface area contributed by atoms with Crippen LogP contribution in [0.15, 0.2) is 22.7 Å². The summed E-state index contributed by atoms with van der Waals surface area (Å²) >= 11 is 3.15. The first-order chi connectivity index (χ1) is 9.62. The average molecular weight is 343 g/mol. The zero-order valence-electron chi connectivity index (χ0n) is 11.4. The van der Waals surface area contributed by atoms with Crippen LogP contribution in [0.2, 0.25) is 0 Å². The van der Waals surface area contributed by atoms with Crippen LogP contribution in [-0.4, -0.2) is 17.3 Å². The van der Waals surface area contributed by atoms with E-state index in [0.29, 0.717) is 16.6 Å². The van der Waals surface area contributed by atoms with Crippen LogP contribution in [0.5, 0.6) is 5.75 Å². The van der Waals surface area contributed by atoms with Crippen molar-refractivity contribution in [3.63, 3.8) is 0 Å². The van der Waals surface area contributed by atoms with Crippen molar-refractivity contribution >= 4 is 15.9 Å². The van der Waals surface area contributed by atoms with E-state index in [0.717, 1.165) is 25.7 Å². The third-order valence-corrected chi connectivity index (χ3v) is 5.59. The molecular formula is C16H20BrFO2. The van der Waals surface area contributed by atoms with Crippen LogP contribution in [0.1, 0.15) is 44.9 Å². The maximum Gasteiger partial charge on any atom is 0.141 e. The van der Waals surface area contributed by atoms with E-state index in [1.807, 2.05) is 0 Å². The van der Waals surface area contributed by atoms with Crippen LogP contribution in [0.25, 0.3) is 0 Å². The van der Waals surface area contributed by atoms with Gasteiger partial charge >= 0.3 is 0 Å². The van der Waals surface area contributed by atoms with Crippen LogP contribution in [0.3, 0.4) is 0 Å². The van der Waals surface area contributed by atoms with Crippen LogP contribution < -0.4 is 4.74 Å². The average Bonchev–Trinajstić information content (AvgIpc) is 2.70. The topological polar surface area (TPSA) is 29.5 Å². The molecule has 20 heavy (non-hydrogen) atoms. The van der Waals surface area contributed by atoms with Crippen LogP contribution in [0, 0.1) is 11.2 Å². The minimum atomic E-state index is -0.308. The molecule has 2 fully saturated rings. The molecule has 0 bridgehead atoms. The Hall–Kier alpha value is -0.610. The predicted octanol–water partition coefficient (Wildman–Crippen LogP) is 4.44. The summed E-state index contributed by atoms with van der Waals surface area (Å²) in [6.07, 6.45) is 7.29. The van der Waals surface area contributed by atoms with E-state index in [1.165, 1.54) is 18.9 Å². The minimum Gasteiger partial charge on any atom is -0.490 e. The van der Waals surface area contributed by atoms with Crippen LogP contribution in [0.4, 0.5) is 4.39 Å². The Labute approximate surface area is 127 Å². The molecule has 0 heterocycles. The van der Waals surface area contributed by atoms with Crippen molar-refractivity contribution in [3.8, 4) is 5.75 Å². The van der Waals surface area contributed by atoms with Crippen molar-refractivity contribution in [3.05, 3.63) is 28.5 Å². The predicted molar refractivity (Wildman–Crippen MR) is 79.3 cm³/mol. The standard InChI is InChI=1S/C16H20BrFO2/c17-12-6-5-11(9-13(12)18)20-15-10-14(19)16(15)7-3-1-2-4-8-16/h5-6,9,14-15,19H,1-4,7-8,10H2. The van der Waals surface area contributed by atoms with Gasteiger partial charge < -0.3 is 9.84 Å². The second-order valence-electron chi connectivity index (χ2n) is 6.08. The van der Waals surface area contributed by atoms with Crippen molar-refractivity contribution in [2.24, 2.45) is 5.41 Å². The molecule has 2 saturated carbocycles. The number of aliphatic hydroxyl groups excluding tert-OH is 1. The summed E-state index contributed by atoms with van der Waals surface area (Å²) in [4.78, 5) is 0. The Balaban J connectivity index is 1.75. The number of halogens is 2. The van der Waals surface area contributed by atoms with Gasteiger partial charge in [-0.2, -0.15) is 0 Å². The Morgan fingerprint density at radius 1 is 1.20 bits per heavy atom. The molecule has 0 aromatic heterocycles. The second kappa shape index (κ2) is 5.64. The molecule has 110 valence electrons. The zero-order valence-corrected chi connectivity index (χ0v) is 13.0. The van der Waals surface area contributed by atoms with E-state index < -0.39 is 0 Å². The van der Waals surface area contributed by atoms with Gasteiger partial charge in [0.25, 0.3) is 0 Å². The first kappa shape index (κ1) is 14.3. The van der Waals surface area contributed by atoms with Gasteiger partial charge in [-0.05, 0) is 40.9 Å². The van der Waals surface area contributed by atoms with E-state index >= 15 is 0 Å². The monoisotopic (exact) mass is 342 g/mol. The molecular weight excluding hydrogens is 323 g/mol. The van der Waals surface area contributed by atoms with E-state index in [2.05, 4.69) is 15.9 Å². The number of benzene rings is 1. The highest BCUT2D eigenvalue weighted by Gasteiger charge is 2.55. The number of aliphatic hydroxyl groups is 1. The molecule has 1 aromatic carbocycles. The van der Waals surface area contributed by atoms with Crippen molar-refractivity contribution in [2.75, 3.05) is 0 Å². The summed E-state index contributed by atoms with van der Waals surface area (Å²) in [7, 11) is 0. The van der Waals surface area contributed by atoms with E-state index in [1.54, 1.807) is 12.1 Å². The third-order valence-electron chi connectivity index (χ3n) is 4.95. The molecule has 4 heteroatoms. The maximum absolute atomic E-state index is 13.6. The molecule has 2 aliphatic carbocycles. The van der Waals surface area contributed by atoms with Gasteiger partial charge in [0.05, 0.1) is 10.6 Å². The molecule has 0 aliphatic heterocycles. The van der Waals surface area contributed by atoms with Gasteiger partial charge in [-0.3, -0.25) is 0 Å². The molecule has 0 saturated heterocycles. The quantitative estimate of drug-likeness (QED) is 0.860. The lowest BCUT2D eigenvalue weighted by atomic mass is 9.59. The van der Waals surface area contributed by atoms with Crippen molar-refractivity contribution in [1.29, 1.82) is 0 Å². The first-order valence-electron chi connectivity index (χ1n) is 7.41. The molecule has 1 N–H and O–H groups in total. The molecule has 2 aliphatic rings. The third kappa shape index (κ3) is 2.48. The Morgan fingerprint density at radius 2 is 1.90 bits per heavy atom. The first-order valence-corrected chi connectivity index (χ1v) is 8.21. The normalized spacial score (nSPS) is 28.8. The Morgan fingerprint density at radius 3 is 2.50 bits per heavy atom. The van der Waals surface area contributed by atoms with Crippen molar-refractivity contribution in [1.82, 2.24) is 0 Å². The van der Waals surface area contributed by atoms with Crippen LogP contribution in [-0.2, 0) is 0 Å². The van der Waals surface area contributed by atoms with Gasteiger partial charge in [0.15, 0.2) is 0 Å². The van der Waals surface area contributed by atoms with Gasteiger partial charge in [0.2, 0.25) is 0 Å². The fourth-order valence-corrected chi connectivity index (χ4v) is 3.89. The van der Waals surface area contributed by atoms with E-state index in [-0.39, 0.29) is 23.4 Å². The molecule has 1 aromatic rings. The summed E-state index contributed by atoms with van der Waals surface area (Å²) < 4.78 is 20.0. The lowest BCUT2D eigenvalue weighted by Gasteiger charge is -2.53. The van der Waals surface area contributed by atoms with Gasteiger partial charge in [0, 0.05) is 17.9 Å². The maximum atomic E-state index is 13.6. The molecule has 3 rings (SSSR count). The van der Waals surface area contributed by atoms with E-state index in [9.17, 15) is 9.50 Å². The fraction of sp³-hybridized carbons (Fsp3) is 0.625. The molecule has 2 atom stereocenters. The van der Waals surface area contributed by atoms with Gasteiger partial charge in [-0.1, -0.05) is 25.7 Å². The Bertz CT molecular complexity index is 483. The molecule has 0 radical (unpaired) electrons. The van der Waals surface area contributed by atoms with Gasteiger partial charge in [0.1, 0.15) is 17.7 Å². The molecule has 1 spiro atoms. The minimum absolute atomic E-state index is 0.0242. The summed E-state index contributed by atoms with van der Waals surface area (Å²) in [5.74, 6) is 0.253. The van der Waals surface area contributed by atoms with Crippen molar-refractivity contribution < 1.29 is 14.2 Å². The van der Waals surface area contributed by atoms with Crippen LogP contribution >= 0.6 is 15.9 Å². The second-order valence-corrected chi connectivity index (χ2v) is 6.94. The van der Waals surface area contributed by atoms with Crippen molar-refractivity contribution in [2.45, 2.75) is 57.2 Å². The molecule has 2 nitrogen and oxygen atoms in total. The highest BCUT2D eigenvalue weighted by atomic mass is 79.9. The number of ether oxygens (including phenoxy) is 1. The highest BCUT2D eigenvalue weighted by Crippen LogP contribution is 2.52.